The van der Waals surface area contributed by atoms with E-state index >= 15 is 0 Å². The minimum Gasteiger partial charge on any atom is -0.348 e. The molecule has 0 aliphatic rings. The molecule has 0 aliphatic heterocycles. The van der Waals surface area contributed by atoms with Crippen molar-refractivity contribution in [2.75, 3.05) is 17.1 Å². The molecule has 1 N–H and O–H groups in total. The highest BCUT2D eigenvalue weighted by atomic mass is 32.2. The maximum absolute atomic E-state index is 12.8. The highest BCUT2D eigenvalue weighted by molar-refractivity contribution is 7.92. The number of benzene rings is 2. The molecule has 2 aromatic rings. The molecule has 6 heteroatoms. The summed E-state index contributed by atoms with van der Waals surface area (Å²) in [6, 6.07) is 15.0. The first kappa shape index (κ1) is 22.0. The minimum absolute atomic E-state index is 0.158. The number of nitrogens with one attached hydrogen (secondary N) is 1. The van der Waals surface area contributed by atoms with E-state index in [1.54, 1.807) is 12.1 Å². The molecule has 0 spiro atoms. The van der Waals surface area contributed by atoms with Gasteiger partial charge in [-0.1, -0.05) is 50.2 Å². The second kappa shape index (κ2) is 9.24. The molecule has 28 heavy (non-hydrogen) atoms. The van der Waals surface area contributed by atoms with Crippen molar-refractivity contribution < 1.29 is 13.2 Å². The van der Waals surface area contributed by atoms with Crippen LogP contribution in [0.1, 0.15) is 43.0 Å². The van der Waals surface area contributed by atoms with E-state index in [4.69, 9.17) is 0 Å². The Balaban J connectivity index is 2.23. The summed E-state index contributed by atoms with van der Waals surface area (Å²) >= 11 is 0. The van der Waals surface area contributed by atoms with E-state index in [-0.39, 0.29) is 18.5 Å². The van der Waals surface area contributed by atoms with Gasteiger partial charge in [0.2, 0.25) is 15.9 Å². The third-order valence-electron chi connectivity index (χ3n) is 4.71. The first-order chi connectivity index (χ1) is 13.1. The Hall–Kier alpha value is -2.34. The van der Waals surface area contributed by atoms with Crippen molar-refractivity contribution in [3.05, 3.63) is 65.2 Å². The number of anilines is 1. The maximum atomic E-state index is 12.8. The third kappa shape index (κ3) is 6.09. The molecule has 0 aliphatic carbocycles. The summed E-state index contributed by atoms with van der Waals surface area (Å²) in [4.78, 5) is 12.8. The number of carbonyl (C=O) groups excluding carboxylic acids is 1. The highest BCUT2D eigenvalue weighted by Gasteiger charge is 2.23. The summed E-state index contributed by atoms with van der Waals surface area (Å²) in [6.45, 7) is 7.84. The first-order valence-electron chi connectivity index (χ1n) is 9.47. The van der Waals surface area contributed by atoms with E-state index in [0.29, 0.717) is 11.6 Å². The van der Waals surface area contributed by atoms with Crippen molar-refractivity contribution in [3.63, 3.8) is 0 Å². The minimum atomic E-state index is -3.59. The van der Waals surface area contributed by atoms with E-state index in [1.807, 2.05) is 50.2 Å². The maximum Gasteiger partial charge on any atom is 0.241 e. The molecule has 0 fully saturated rings. The lowest BCUT2D eigenvalue weighted by molar-refractivity contribution is -0.120. The predicted molar refractivity (Wildman–Crippen MR) is 115 cm³/mol. The zero-order chi connectivity index (χ0) is 20.9. The van der Waals surface area contributed by atoms with Crippen LogP contribution in [-0.2, 0) is 14.8 Å². The lowest BCUT2D eigenvalue weighted by Crippen LogP contribution is -2.41. The molecule has 0 radical (unpaired) electrons. The number of aryl methyl sites for hydroxylation is 2. The number of rotatable bonds is 8. The normalized spacial score (nSPS) is 12.6. The zero-order valence-corrected chi connectivity index (χ0v) is 18.1. The molecule has 0 heterocycles. The lowest BCUT2D eigenvalue weighted by Gasteiger charge is -2.25. The van der Waals surface area contributed by atoms with E-state index in [2.05, 4.69) is 19.2 Å². The Morgan fingerprint density at radius 2 is 1.68 bits per heavy atom. The molecule has 1 unspecified atom stereocenters. The van der Waals surface area contributed by atoms with Gasteiger partial charge in [0.1, 0.15) is 6.54 Å². The number of hydrogen-bond acceptors (Lipinski definition) is 3. The quantitative estimate of drug-likeness (QED) is 0.726. The van der Waals surface area contributed by atoms with Gasteiger partial charge in [-0.15, -0.1) is 0 Å². The standard InChI is InChI=1S/C22H30N2O3S/c1-16(2)13-21(19-9-7-6-8-10-19)23-22(25)15-24(28(5,26)27)20-12-11-17(3)18(4)14-20/h6-12,14,16,21H,13,15H2,1-5H3,(H,23,25). The van der Waals surface area contributed by atoms with Gasteiger partial charge in [0.15, 0.2) is 0 Å². The van der Waals surface area contributed by atoms with Gasteiger partial charge >= 0.3 is 0 Å². The van der Waals surface area contributed by atoms with E-state index in [1.165, 1.54) is 0 Å². The van der Waals surface area contributed by atoms with Crippen LogP contribution in [0.4, 0.5) is 5.69 Å². The highest BCUT2D eigenvalue weighted by Crippen LogP contribution is 2.23. The Labute approximate surface area is 168 Å². The summed E-state index contributed by atoms with van der Waals surface area (Å²) in [5, 5.41) is 3.02. The van der Waals surface area contributed by atoms with Crippen molar-refractivity contribution in [3.8, 4) is 0 Å². The molecule has 0 saturated carbocycles. The Morgan fingerprint density at radius 1 is 1.04 bits per heavy atom. The van der Waals surface area contributed by atoms with E-state index in [9.17, 15) is 13.2 Å². The van der Waals surface area contributed by atoms with Gasteiger partial charge in [-0.05, 0) is 55.0 Å². The van der Waals surface area contributed by atoms with Crippen LogP contribution < -0.4 is 9.62 Å². The van der Waals surface area contributed by atoms with Crippen molar-refractivity contribution >= 4 is 21.6 Å². The molecule has 0 aromatic heterocycles. The van der Waals surface area contributed by atoms with Gasteiger partial charge in [-0.2, -0.15) is 0 Å². The Kier molecular flexibility index (Phi) is 7.24. The second-order valence-corrected chi connectivity index (χ2v) is 9.61. The average Bonchev–Trinajstić information content (AvgIpc) is 2.61. The second-order valence-electron chi connectivity index (χ2n) is 7.70. The molecule has 152 valence electrons. The van der Waals surface area contributed by atoms with Crippen LogP contribution in [0, 0.1) is 19.8 Å². The molecule has 2 aromatic carbocycles. The fourth-order valence-electron chi connectivity index (χ4n) is 3.09. The lowest BCUT2D eigenvalue weighted by atomic mass is 9.97. The van der Waals surface area contributed by atoms with Gasteiger partial charge in [0, 0.05) is 0 Å². The monoisotopic (exact) mass is 402 g/mol. The van der Waals surface area contributed by atoms with Crippen molar-refractivity contribution in [2.24, 2.45) is 5.92 Å². The molecular formula is C22H30N2O3S. The molecule has 0 bridgehead atoms. The largest absolute Gasteiger partial charge is 0.348 e. The summed E-state index contributed by atoms with van der Waals surface area (Å²) in [6.07, 6.45) is 1.90. The fourth-order valence-corrected chi connectivity index (χ4v) is 3.93. The first-order valence-corrected chi connectivity index (χ1v) is 11.3. The zero-order valence-electron chi connectivity index (χ0n) is 17.3. The van der Waals surface area contributed by atoms with Gasteiger partial charge in [-0.3, -0.25) is 9.10 Å². The molecule has 1 atom stereocenters. The summed E-state index contributed by atoms with van der Waals surface area (Å²) < 4.78 is 25.8. The smallest absolute Gasteiger partial charge is 0.241 e. The van der Waals surface area contributed by atoms with E-state index in [0.717, 1.165) is 33.7 Å². The average molecular weight is 403 g/mol. The Morgan fingerprint density at radius 3 is 2.21 bits per heavy atom. The molecule has 5 nitrogen and oxygen atoms in total. The van der Waals surface area contributed by atoms with Crippen molar-refractivity contribution in [1.82, 2.24) is 5.32 Å². The van der Waals surface area contributed by atoms with Crippen LogP contribution in [0.15, 0.2) is 48.5 Å². The number of carbonyl (C=O) groups is 1. The van der Waals surface area contributed by atoms with Crippen LogP contribution in [0.25, 0.3) is 0 Å². The van der Waals surface area contributed by atoms with Gasteiger partial charge in [0.05, 0.1) is 18.0 Å². The van der Waals surface area contributed by atoms with Crippen molar-refractivity contribution in [1.29, 1.82) is 0 Å². The number of hydrogen-bond donors (Lipinski definition) is 1. The molecular weight excluding hydrogens is 372 g/mol. The number of nitrogens with zero attached hydrogens (tertiary/aromatic N) is 1. The van der Waals surface area contributed by atoms with Crippen LogP contribution >= 0.6 is 0 Å². The topological polar surface area (TPSA) is 66.5 Å². The van der Waals surface area contributed by atoms with Crippen LogP contribution in [0.2, 0.25) is 0 Å². The fraction of sp³-hybridized carbons (Fsp3) is 0.409. The third-order valence-corrected chi connectivity index (χ3v) is 5.85. The van der Waals surface area contributed by atoms with Crippen molar-refractivity contribution in [2.45, 2.75) is 40.2 Å². The van der Waals surface area contributed by atoms with Crippen LogP contribution in [0.3, 0.4) is 0 Å². The summed E-state index contributed by atoms with van der Waals surface area (Å²) in [5.41, 5.74) is 3.57. The van der Waals surface area contributed by atoms with Gasteiger partial charge in [0.25, 0.3) is 0 Å². The summed E-state index contributed by atoms with van der Waals surface area (Å²) in [7, 11) is -3.59. The van der Waals surface area contributed by atoms with Crippen LogP contribution in [-0.4, -0.2) is 27.1 Å². The predicted octanol–water partition coefficient (Wildman–Crippen LogP) is 3.97. The molecule has 0 saturated heterocycles. The van der Waals surface area contributed by atoms with Gasteiger partial charge in [-0.25, -0.2) is 8.42 Å². The molecule has 1 amide bonds. The van der Waals surface area contributed by atoms with E-state index < -0.39 is 10.0 Å². The number of amides is 1. The van der Waals surface area contributed by atoms with Gasteiger partial charge < -0.3 is 5.32 Å². The SMILES string of the molecule is Cc1ccc(N(CC(=O)NC(CC(C)C)c2ccccc2)S(C)(=O)=O)cc1C. The van der Waals surface area contributed by atoms with Crippen LogP contribution in [0.5, 0.6) is 0 Å². The number of sulfonamides is 1. The summed E-state index contributed by atoms with van der Waals surface area (Å²) in [5.74, 6) is 0.0643. The Bertz CT molecular complexity index is 909. The molecule has 2 rings (SSSR count).